The number of sulfone groups is 1. The molecule has 5 nitrogen and oxygen atoms in total. The molecule has 142 valence electrons. The predicted molar refractivity (Wildman–Crippen MR) is 111 cm³/mol. The highest BCUT2D eigenvalue weighted by Gasteiger charge is 2.52. The van der Waals surface area contributed by atoms with Crippen LogP contribution in [0.3, 0.4) is 0 Å². The summed E-state index contributed by atoms with van der Waals surface area (Å²) < 4.78 is 30.2. The minimum absolute atomic E-state index is 0.0903. The molecule has 0 saturated carbocycles. The molecular weight excluding hydrogens is 404 g/mol. The van der Waals surface area contributed by atoms with Crippen LogP contribution in [-0.4, -0.2) is 49.1 Å². The monoisotopic (exact) mass is 422 g/mol. The zero-order valence-corrected chi connectivity index (χ0v) is 17.1. The molecule has 0 radical (unpaired) electrons. The van der Waals surface area contributed by atoms with Crippen LogP contribution in [0.1, 0.15) is 5.56 Å². The van der Waals surface area contributed by atoms with Crippen molar-refractivity contribution >= 4 is 44.5 Å². The average Bonchev–Trinajstić information content (AvgIpc) is 3.07. The number of thiocarbonyl (C=S) groups is 1. The second-order valence-electron chi connectivity index (χ2n) is 6.79. The Kier molecular flexibility index (Phi) is 4.78. The van der Waals surface area contributed by atoms with Crippen molar-refractivity contribution in [3.8, 4) is 5.75 Å². The van der Waals surface area contributed by atoms with Gasteiger partial charge in [0.25, 0.3) is 0 Å². The van der Waals surface area contributed by atoms with Gasteiger partial charge >= 0.3 is 0 Å². The number of anilines is 1. The molecule has 8 heteroatoms. The topological polar surface area (TPSA) is 49.9 Å². The number of methoxy groups -OCH3 is 1. The van der Waals surface area contributed by atoms with Crippen LogP contribution >= 0.6 is 23.8 Å². The van der Waals surface area contributed by atoms with Crippen LogP contribution in [0.15, 0.2) is 48.5 Å². The van der Waals surface area contributed by atoms with Gasteiger partial charge in [-0.15, -0.1) is 0 Å². The largest absolute Gasteiger partial charge is 0.495 e. The second-order valence-corrected chi connectivity index (χ2v) is 9.75. The summed E-state index contributed by atoms with van der Waals surface area (Å²) in [5.74, 6) is 0.876. The SMILES string of the molecule is COc1ccccc1N1C(=S)N(Cc2ccc(Cl)cc2)[C@H]2CS(=O)(=O)C[C@H]21. The summed E-state index contributed by atoms with van der Waals surface area (Å²) in [6.45, 7) is 0.540. The average molecular weight is 423 g/mol. The summed E-state index contributed by atoms with van der Waals surface area (Å²) in [6, 6.07) is 14.7. The number of hydrogen-bond acceptors (Lipinski definition) is 4. The first-order valence-electron chi connectivity index (χ1n) is 8.57. The number of benzene rings is 2. The quantitative estimate of drug-likeness (QED) is 0.705. The van der Waals surface area contributed by atoms with Crippen LogP contribution in [0.5, 0.6) is 5.75 Å². The Labute approximate surface area is 169 Å². The molecule has 2 aliphatic heterocycles. The highest BCUT2D eigenvalue weighted by atomic mass is 35.5. The van der Waals surface area contributed by atoms with E-state index < -0.39 is 9.84 Å². The summed E-state index contributed by atoms with van der Waals surface area (Å²) >= 11 is 11.8. The van der Waals surface area contributed by atoms with Crippen molar-refractivity contribution in [3.63, 3.8) is 0 Å². The Balaban J connectivity index is 1.73. The normalized spacial score (nSPS) is 23.6. The maximum atomic E-state index is 12.4. The third kappa shape index (κ3) is 3.39. The standard InChI is InChI=1S/C19H19ClN2O3S2/c1-25-18-5-3-2-4-15(18)22-17-12-27(23,24)11-16(17)21(19(22)26)10-13-6-8-14(20)9-7-13/h2-9,16-17H,10-12H2,1H3/t16-,17+/m0/s1. The highest BCUT2D eigenvalue weighted by molar-refractivity contribution is 7.91. The fraction of sp³-hybridized carbons (Fsp3) is 0.316. The van der Waals surface area contributed by atoms with E-state index in [4.69, 9.17) is 28.6 Å². The lowest BCUT2D eigenvalue weighted by Crippen LogP contribution is -2.37. The number of ether oxygens (including phenoxy) is 1. The molecule has 0 aliphatic carbocycles. The number of nitrogens with zero attached hydrogens (tertiary/aromatic N) is 2. The highest BCUT2D eigenvalue weighted by Crippen LogP contribution is 2.39. The van der Waals surface area contributed by atoms with E-state index in [9.17, 15) is 8.42 Å². The molecule has 4 rings (SSSR count). The molecule has 2 fully saturated rings. The van der Waals surface area contributed by atoms with E-state index in [0.29, 0.717) is 22.4 Å². The minimum Gasteiger partial charge on any atom is -0.495 e. The summed E-state index contributed by atoms with van der Waals surface area (Å²) in [5, 5.41) is 1.29. The first kappa shape index (κ1) is 18.5. The summed E-state index contributed by atoms with van der Waals surface area (Å²) in [7, 11) is -1.52. The lowest BCUT2D eigenvalue weighted by molar-refractivity contribution is 0.350. The van der Waals surface area contributed by atoms with Crippen molar-refractivity contribution in [1.82, 2.24) is 4.90 Å². The van der Waals surface area contributed by atoms with E-state index in [2.05, 4.69) is 0 Å². The van der Waals surface area contributed by atoms with E-state index in [1.807, 2.05) is 58.3 Å². The van der Waals surface area contributed by atoms with Crippen LogP contribution in [0.25, 0.3) is 0 Å². The lowest BCUT2D eigenvalue weighted by atomic mass is 10.1. The van der Waals surface area contributed by atoms with Crippen molar-refractivity contribution in [2.75, 3.05) is 23.5 Å². The van der Waals surface area contributed by atoms with Gasteiger partial charge in [0, 0.05) is 11.6 Å². The van der Waals surface area contributed by atoms with Gasteiger partial charge in [-0.25, -0.2) is 8.42 Å². The van der Waals surface area contributed by atoms with Crippen molar-refractivity contribution in [2.45, 2.75) is 18.6 Å². The van der Waals surface area contributed by atoms with Gasteiger partial charge in [0.1, 0.15) is 5.75 Å². The van der Waals surface area contributed by atoms with Gasteiger partial charge in [-0.05, 0) is 42.0 Å². The van der Waals surface area contributed by atoms with Crippen LogP contribution in [0.2, 0.25) is 5.02 Å². The minimum atomic E-state index is -3.13. The van der Waals surface area contributed by atoms with Gasteiger partial charge in [0.15, 0.2) is 14.9 Å². The fourth-order valence-electron chi connectivity index (χ4n) is 3.86. The zero-order valence-electron chi connectivity index (χ0n) is 14.7. The summed E-state index contributed by atoms with van der Waals surface area (Å²) in [4.78, 5) is 3.96. The molecule has 0 N–H and O–H groups in total. The number of hydrogen-bond donors (Lipinski definition) is 0. The third-order valence-corrected chi connectivity index (χ3v) is 7.47. The molecule has 0 spiro atoms. The molecule has 2 aromatic carbocycles. The van der Waals surface area contributed by atoms with Gasteiger partial charge in [0.05, 0.1) is 36.4 Å². The van der Waals surface area contributed by atoms with Gasteiger partial charge in [-0.3, -0.25) is 0 Å². The van der Waals surface area contributed by atoms with E-state index in [1.54, 1.807) is 7.11 Å². The van der Waals surface area contributed by atoms with E-state index in [-0.39, 0.29) is 23.6 Å². The molecule has 0 bridgehead atoms. The number of rotatable bonds is 4. The van der Waals surface area contributed by atoms with Crippen LogP contribution < -0.4 is 9.64 Å². The van der Waals surface area contributed by atoms with Gasteiger partial charge in [0.2, 0.25) is 0 Å². The first-order chi connectivity index (χ1) is 12.9. The van der Waals surface area contributed by atoms with Gasteiger partial charge in [-0.1, -0.05) is 35.9 Å². The second kappa shape index (κ2) is 6.96. The summed E-state index contributed by atoms with van der Waals surface area (Å²) in [5.41, 5.74) is 1.84. The van der Waals surface area contributed by atoms with E-state index in [0.717, 1.165) is 11.3 Å². The molecule has 0 unspecified atom stereocenters. The molecule has 0 amide bonds. The molecular formula is C19H19ClN2O3S2. The molecule has 2 saturated heterocycles. The third-order valence-electron chi connectivity index (χ3n) is 5.09. The van der Waals surface area contributed by atoms with Gasteiger partial charge < -0.3 is 14.5 Å². The maximum absolute atomic E-state index is 12.4. The van der Waals surface area contributed by atoms with Crippen molar-refractivity contribution < 1.29 is 13.2 Å². The van der Waals surface area contributed by atoms with Crippen LogP contribution in [-0.2, 0) is 16.4 Å². The Morgan fingerprint density at radius 1 is 1.11 bits per heavy atom. The molecule has 0 aromatic heterocycles. The number of para-hydroxylation sites is 2. The van der Waals surface area contributed by atoms with Crippen molar-refractivity contribution in [3.05, 3.63) is 59.1 Å². The predicted octanol–water partition coefficient (Wildman–Crippen LogP) is 3.12. The van der Waals surface area contributed by atoms with E-state index in [1.165, 1.54) is 0 Å². The Morgan fingerprint density at radius 2 is 1.78 bits per heavy atom. The zero-order chi connectivity index (χ0) is 19.2. The Hall–Kier alpha value is -1.83. The summed E-state index contributed by atoms with van der Waals surface area (Å²) in [6.07, 6.45) is 0. The fourth-order valence-corrected chi connectivity index (χ4v) is 6.37. The van der Waals surface area contributed by atoms with Crippen molar-refractivity contribution in [2.24, 2.45) is 0 Å². The Bertz CT molecular complexity index is 979. The first-order valence-corrected chi connectivity index (χ1v) is 11.2. The van der Waals surface area contributed by atoms with Gasteiger partial charge in [-0.2, -0.15) is 0 Å². The number of fused-ring (bicyclic) bond motifs is 1. The maximum Gasteiger partial charge on any atom is 0.177 e. The smallest absolute Gasteiger partial charge is 0.177 e. The molecule has 27 heavy (non-hydrogen) atoms. The van der Waals surface area contributed by atoms with Crippen molar-refractivity contribution in [1.29, 1.82) is 0 Å². The lowest BCUT2D eigenvalue weighted by Gasteiger charge is -2.26. The van der Waals surface area contributed by atoms with E-state index >= 15 is 0 Å². The number of halogens is 1. The molecule has 2 atom stereocenters. The molecule has 2 aromatic rings. The molecule has 2 aliphatic rings. The van der Waals surface area contributed by atoms with Crippen LogP contribution in [0.4, 0.5) is 5.69 Å². The Morgan fingerprint density at radius 3 is 2.48 bits per heavy atom. The molecule has 2 heterocycles. The van der Waals surface area contributed by atoms with Crippen LogP contribution in [0, 0.1) is 0 Å².